The first-order valence-electron chi connectivity index (χ1n) is 11.7. The highest BCUT2D eigenvalue weighted by Gasteiger charge is 2.33. The van der Waals surface area contributed by atoms with Gasteiger partial charge in [0.15, 0.2) is 0 Å². The molecule has 0 bridgehead atoms. The van der Waals surface area contributed by atoms with Crippen molar-refractivity contribution in [3.63, 3.8) is 0 Å². The first-order valence-corrected chi connectivity index (χ1v) is 11.7. The van der Waals surface area contributed by atoms with E-state index in [9.17, 15) is 13.2 Å². The lowest BCUT2D eigenvalue weighted by Crippen LogP contribution is -2.07. The van der Waals surface area contributed by atoms with Gasteiger partial charge in [0, 0.05) is 11.6 Å². The standard InChI is InChI=1S/C31H24F3NO/c1-21-9-5-6-12-23(21)17-25-19-35-30-27(15-8-16-28(30)31(32,33)34)29(25)24-13-7-14-26(18-24)36-20-22-10-3-2-4-11-22/h2-16,18-19H,17,20H2,1H3. The fourth-order valence-corrected chi connectivity index (χ4v) is 4.46. The number of pyridine rings is 1. The Labute approximate surface area is 208 Å². The SMILES string of the molecule is Cc1ccccc1Cc1cnc2c(C(F)(F)F)cccc2c1-c1cccc(OCc2ccccc2)c1. The summed E-state index contributed by atoms with van der Waals surface area (Å²) in [6, 6.07) is 29.6. The molecule has 0 saturated carbocycles. The van der Waals surface area contributed by atoms with Crippen LogP contribution in [0.2, 0.25) is 0 Å². The summed E-state index contributed by atoms with van der Waals surface area (Å²) in [5.74, 6) is 0.648. The Morgan fingerprint density at radius 2 is 1.53 bits per heavy atom. The Balaban J connectivity index is 1.63. The predicted molar refractivity (Wildman–Crippen MR) is 137 cm³/mol. The molecule has 5 rings (SSSR count). The van der Waals surface area contributed by atoms with Crippen molar-refractivity contribution in [3.8, 4) is 16.9 Å². The molecule has 0 unspecified atom stereocenters. The van der Waals surface area contributed by atoms with Gasteiger partial charge < -0.3 is 4.74 Å². The number of halogens is 3. The normalized spacial score (nSPS) is 11.6. The maximum Gasteiger partial charge on any atom is 0.418 e. The number of para-hydroxylation sites is 1. The van der Waals surface area contributed by atoms with E-state index in [1.54, 1.807) is 12.3 Å². The molecule has 36 heavy (non-hydrogen) atoms. The number of hydrogen-bond donors (Lipinski definition) is 0. The Bertz CT molecular complexity index is 1510. The first-order chi connectivity index (χ1) is 17.4. The smallest absolute Gasteiger partial charge is 0.418 e. The molecule has 1 heterocycles. The lowest BCUT2D eigenvalue weighted by molar-refractivity contribution is -0.136. The third kappa shape index (κ3) is 4.96. The van der Waals surface area contributed by atoms with Gasteiger partial charge in [0.05, 0.1) is 11.1 Å². The van der Waals surface area contributed by atoms with Gasteiger partial charge in [-0.2, -0.15) is 13.2 Å². The molecule has 0 saturated heterocycles. The Morgan fingerprint density at radius 1 is 0.778 bits per heavy atom. The molecule has 0 amide bonds. The highest BCUT2D eigenvalue weighted by molar-refractivity contribution is 5.98. The van der Waals surface area contributed by atoms with Gasteiger partial charge in [-0.3, -0.25) is 4.98 Å². The zero-order chi connectivity index (χ0) is 25.1. The maximum absolute atomic E-state index is 13.8. The van der Waals surface area contributed by atoms with Gasteiger partial charge in [0.25, 0.3) is 0 Å². The van der Waals surface area contributed by atoms with Crippen molar-refractivity contribution in [2.75, 3.05) is 0 Å². The summed E-state index contributed by atoms with van der Waals surface area (Å²) in [5.41, 5.74) is 4.85. The second-order valence-electron chi connectivity index (χ2n) is 8.76. The molecule has 0 aliphatic heterocycles. The molecule has 0 fully saturated rings. The number of aryl methyl sites for hydroxylation is 1. The number of ether oxygens (including phenoxy) is 1. The largest absolute Gasteiger partial charge is 0.489 e. The molecule has 1 aromatic heterocycles. The van der Waals surface area contributed by atoms with Gasteiger partial charge in [-0.05, 0) is 64.9 Å². The number of aromatic nitrogens is 1. The zero-order valence-electron chi connectivity index (χ0n) is 19.7. The predicted octanol–water partition coefficient (Wildman–Crippen LogP) is 8.40. The van der Waals surface area contributed by atoms with E-state index in [4.69, 9.17) is 4.74 Å². The fourth-order valence-electron chi connectivity index (χ4n) is 4.46. The molecule has 0 radical (unpaired) electrons. The molecule has 2 nitrogen and oxygen atoms in total. The summed E-state index contributed by atoms with van der Waals surface area (Å²) in [6.45, 7) is 2.43. The lowest BCUT2D eigenvalue weighted by atomic mass is 9.91. The zero-order valence-corrected chi connectivity index (χ0v) is 19.7. The molecule has 0 N–H and O–H groups in total. The summed E-state index contributed by atoms with van der Waals surface area (Å²) in [6.07, 6.45) is -2.37. The van der Waals surface area contributed by atoms with Crippen LogP contribution in [0.1, 0.15) is 27.8 Å². The van der Waals surface area contributed by atoms with Crippen LogP contribution in [0, 0.1) is 6.92 Å². The van der Waals surface area contributed by atoms with Gasteiger partial charge in [-0.15, -0.1) is 0 Å². The van der Waals surface area contributed by atoms with Crippen LogP contribution in [0.3, 0.4) is 0 Å². The van der Waals surface area contributed by atoms with Crippen molar-refractivity contribution in [2.45, 2.75) is 26.1 Å². The first kappa shape index (κ1) is 23.6. The molecule has 0 spiro atoms. The Morgan fingerprint density at radius 3 is 2.31 bits per heavy atom. The van der Waals surface area contributed by atoms with Gasteiger partial charge in [-0.1, -0.05) is 78.9 Å². The number of benzene rings is 4. The highest BCUT2D eigenvalue weighted by Crippen LogP contribution is 2.39. The van der Waals surface area contributed by atoms with Crippen molar-refractivity contribution < 1.29 is 17.9 Å². The second-order valence-corrected chi connectivity index (χ2v) is 8.76. The summed E-state index contributed by atoms with van der Waals surface area (Å²) in [5, 5.41) is 0.469. The molecule has 5 heteroatoms. The van der Waals surface area contributed by atoms with Gasteiger partial charge in [0.1, 0.15) is 12.4 Å². The molecule has 0 aliphatic carbocycles. The highest BCUT2D eigenvalue weighted by atomic mass is 19.4. The summed E-state index contributed by atoms with van der Waals surface area (Å²) in [4.78, 5) is 4.31. The summed E-state index contributed by atoms with van der Waals surface area (Å²) < 4.78 is 47.5. The number of rotatable bonds is 6. The van der Waals surface area contributed by atoms with Gasteiger partial charge in [-0.25, -0.2) is 0 Å². The van der Waals surface area contributed by atoms with E-state index >= 15 is 0 Å². The fraction of sp³-hybridized carbons (Fsp3) is 0.129. The third-order valence-electron chi connectivity index (χ3n) is 6.29. The number of nitrogens with zero attached hydrogens (tertiary/aromatic N) is 1. The second kappa shape index (κ2) is 9.86. The lowest BCUT2D eigenvalue weighted by Gasteiger charge is -2.17. The Hall–Kier alpha value is -4.12. The van der Waals surface area contributed by atoms with Crippen LogP contribution in [-0.4, -0.2) is 4.98 Å². The topological polar surface area (TPSA) is 22.1 Å². The van der Waals surface area contributed by atoms with Gasteiger partial charge >= 0.3 is 6.18 Å². The van der Waals surface area contributed by atoms with Gasteiger partial charge in [0.2, 0.25) is 0 Å². The minimum Gasteiger partial charge on any atom is -0.489 e. The van der Waals surface area contributed by atoms with E-state index < -0.39 is 11.7 Å². The average Bonchev–Trinajstić information content (AvgIpc) is 2.88. The minimum atomic E-state index is -4.50. The number of fused-ring (bicyclic) bond motifs is 1. The number of hydrogen-bond acceptors (Lipinski definition) is 2. The third-order valence-corrected chi connectivity index (χ3v) is 6.29. The quantitative estimate of drug-likeness (QED) is 0.242. The van der Waals surface area contributed by atoms with Crippen LogP contribution in [0.25, 0.3) is 22.0 Å². The van der Waals surface area contributed by atoms with E-state index in [-0.39, 0.29) is 5.52 Å². The minimum absolute atomic E-state index is 0.0517. The van der Waals surface area contributed by atoms with Crippen LogP contribution in [0.15, 0.2) is 103 Å². The van der Waals surface area contributed by atoms with Crippen LogP contribution >= 0.6 is 0 Å². The van der Waals surface area contributed by atoms with E-state index in [1.807, 2.05) is 85.8 Å². The summed E-state index contributed by atoms with van der Waals surface area (Å²) >= 11 is 0. The van der Waals surface area contributed by atoms with E-state index in [0.29, 0.717) is 24.2 Å². The molecule has 4 aromatic carbocycles. The van der Waals surface area contributed by atoms with Crippen LogP contribution in [-0.2, 0) is 19.2 Å². The molecule has 180 valence electrons. The van der Waals surface area contributed by atoms with Crippen molar-refractivity contribution in [1.82, 2.24) is 4.98 Å². The molecule has 0 aliphatic rings. The van der Waals surface area contributed by atoms with Crippen molar-refractivity contribution in [1.29, 1.82) is 0 Å². The Kier molecular flexibility index (Phi) is 6.47. The van der Waals surface area contributed by atoms with Crippen molar-refractivity contribution >= 4 is 10.9 Å². The number of alkyl halides is 3. The van der Waals surface area contributed by atoms with E-state index in [2.05, 4.69) is 4.98 Å². The molecule has 5 aromatic rings. The van der Waals surface area contributed by atoms with Crippen LogP contribution < -0.4 is 4.74 Å². The van der Waals surface area contributed by atoms with E-state index in [0.717, 1.165) is 39.4 Å². The van der Waals surface area contributed by atoms with Crippen LogP contribution in [0.5, 0.6) is 5.75 Å². The molecular formula is C31H24F3NO. The van der Waals surface area contributed by atoms with Crippen molar-refractivity contribution in [2.24, 2.45) is 0 Å². The average molecular weight is 484 g/mol. The molecule has 0 atom stereocenters. The van der Waals surface area contributed by atoms with Crippen molar-refractivity contribution in [3.05, 3.63) is 131 Å². The maximum atomic E-state index is 13.8. The monoisotopic (exact) mass is 483 g/mol. The van der Waals surface area contributed by atoms with Crippen LogP contribution in [0.4, 0.5) is 13.2 Å². The van der Waals surface area contributed by atoms with E-state index in [1.165, 1.54) is 6.07 Å². The summed E-state index contributed by atoms with van der Waals surface area (Å²) in [7, 11) is 0. The molecular weight excluding hydrogens is 459 g/mol.